The minimum absolute atomic E-state index is 0.0124. The third-order valence-electron chi connectivity index (χ3n) is 3.28. The van der Waals surface area contributed by atoms with Gasteiger partial charge in [0.1, 0.15) is 0 Å². The Morgan fingerprint density at radius 1 is 1.29 bits per heavy atom. The van der Waals surface area contributed by atoms with Gasteiger partial charge >= 0.3 is 141 Å². The van der Waals surface area contributed by atoms with E-state index in [1.165, 1.54) is 10.8 Å². The van der Waals surface area contributed by atoms with E-state index in [1.807, 2.05) is 12.1 Å². The molecule has 0 saturated carbocycles. The summed E-state index contributed by atoms with van der Waals surface area (Å²) in [5.74, 6) is -0.528. The van der Waals surface area contributed by atoms with Crippen molar-refractivity contribution in [1.82, 2.24) is 3.13 Å². The van der Waals surface area contributed by atoms with E-state index in [-0.39, 0.29) is 11.8 Å². The van der Waals surface area contributed by atoms with E-state index in [0.717, 1.165) is 31.6 Å². The van der Waals surface area contributed by atoms with Crippen molar-refractivity contribution in [2.75, 3.05) is 6.61 Å². The Balaban J connectivity index is 2.19. The summed E-state index contributed by atoms with van der Waals surface area (Å²) >= 11 is 0.793. The van der Waals surface area contributed by atoms with Gasteiger partial charge in [-0.05, 0) is 0 Å². The van der Waals surface area contributed by atoms with E-state index in [2.05, 4.69) is 33.5 Å². The molecule has 0 fully saturated rings. The predicted molar refractivity (Wildman–Crippen MR) is 84.6 cm³/mol. The summed E-state index contributed by atoms with van der Waals surface area (Å²) in [6.45, 7) is 2.05. The van der Waals surface area contributed by atoms with Gasteiger partial charge in [-0.1, -0.05) is 0 Å². The number of ether oxygens (including phenoxy) is 1. The molecule has 1 unspecified atom stereocenters. The Bertz CT molecular complexity index is 658. The van der Waals surface area contributed by atoms with Gasteiger partial charge in [0.15, 0.2) is 0 Å². The molecule has 0 bridgehead atoms. The molecule has 0 heterocycles. The third-order valence-corrected chi connectivity index (χ3v) is 4.63. The summed E-state index contributed by atoms with van der Waals surface area (Å²) < 4.78 is 8.18. The van der Waals surface area contributed by atoms with Gasteiger partial charge in [0.2, 0.25) is 0 Å². The average Bonchev–Trinajstić information content (AvgIpc) is 2.52. The zero-order chi connectivity index (χ0) is 15.2. The molecule has 0 aromatic heterocycles. The summed E-state index contributed by atoms with van der Waals surface area (Å²) in [6, 6.07) is 14.4. The van der Waals surface area contributed by atoms with Crippen molar-refractivity contribution >= 4 is 48.5 Å². The van der Waals surface area contributed by atoms with Crippen molar-refractivity contribution in [1.29, 1.82) is 5.41 Å². The van der Waals surface area contributed by atoms with Gasteiger partial charge in [-0.2, -0.15) is 0 Å². The van der Waals surface area contributed by atoms with E-state index in [4.69, 9.17) is 10.1 Å². The molecule has 21 heavy (non-hydrogen) atoms. The topological polar surface area (TPSA) is 62.2 Å². The van der Waals surface area contributed by atoms with Crippen LogP contribution in [0.4, 0.5) is 0 Å². The first-order chi connectivity index (χ1) is 10.2. The number of esters is 1. The van der Waals surface area contributed by atoms with Crippen molar-refractivity contribution in [2.45, 2.75) is 19.4 Å². The Morgan fingerprint density at radius 3 is 2.67 bits per heavy atom. The standard InChI is InChI=1S/C16H17N2O2.Pb/c1-2-20-16(19)15(18)10-14(17)13-8-7-11-5-3-4-6-12(11)9-13;/h3-9,14,17-18H,2,10H2,1H3;/q-1;+1. The van der Waals surface area contributed by atoms with Crippen molar-refractivity contribution in [3.05, 3.63) is 48.0 Å². The van der Waals surface area contributed by atoms with Gasteiger partial charge < -0.3 is 0 Å². The number of carbonyl (C=O) groups excluding carboxylic acids is 1. The van der Waals surface area contributed by atoms with Crippen LogP contribution in [0.25, 0.3) is 10.8 Å². The Hall–Kier alpha value is -1.28. The van der Waals surface area contributed by atoms with Crippen LogP contribution in [0.2, 0.25) is 0 Å². The molecule has 107 valence electrons. The summed E-state index contributed by atoms with van der Waals surface area (Å²) in [5, 5.41) is 10.2. The molecule has 2 N–H and O–H groups in total. The number of hydrogen-bond acceptors (Lipinski definition) is 4. The monoisotopic (exact) mass is 477 g/mol. The predicted octanol–water partition coefficient (Wildman–Crippen LogP) is 2.53. The molecule has 3 radical (unpaired) electrons. The molecule has 1 atom stereocenters. The van der Waals surface area contributed by atoms with Gasteiger partial charge in [0, 0.05) is 0 Å². The van der Waals surface area contributed by atoms with Crippen LogP contribution in [-0.4, -0.2) is 44.4 Å². The van der Waals surface area contributed by atoms with E-state index >= 15 is 0 Å². The van der Waals surface area contributed by atoms with E-state index < -0.39 is 5.97 Å². The molecule has 0 aliphatic carbocycles. The molecule has 0 aliphatic heterocycles. The van der Waals surface area contributed by atoms with Gasteiger partial charge in [-0.15, -0.1) is 0 Å². The first-order valence-corrected chi connectivity index (χ1v) is 8.75. The van der Waals surface area contributed by atoms with Crippen molar-refractivity contribution in [3.63, 3.8) is 0 Å². The van der Waals surface area contributed by atoms with Crippen LogP contribution < -0.4 is 3.13 Å². The number of fused-ring (bicyclic) bond motifs is 1. The van der Waals surface area contributed by atoms with E-state index in [0.29, 0.717) is 13.0 Å². The fourth-order valence-corrected chi connectivity index (χ4v) is 3.23. The van der Waals surface area contributed by atoms with Crippen LogP contribution in [0.1, 0.15) is 24.9 Å². The third kappa shape index (κ3) is 4.10. The number of rotatable bonds is 6. The zero-order valence-electron chi connectivity index (χ0n) is 11.8. The maximum atomic E-state index is 11.6. The van der Waals surface area contributed by atoms with E-state index in [9.17, 15) is 4.79 Å². The summed E-state index contributed by atoms with van der Waals surface area (Å²) in [6.07, 6.45) is 0.348. The van der Waals surface area contributed by atoms with Gasteiger partial charge in [0.05, 0.1) is 0 Å². The summed E-state index contributed by atoms with van der Waals surface area (Å²) in [4.78, 5) is 11.6. The van der Waals surface area contributed by atoms with Crippen molar-refractivity contribution in [2.24, 2.45) is 0 Å². The van der Waals surface area contributed by atoms with Gasteiger partial charge in [-0.25, -0.2) is 0 Å². The van der Waals surface area contributed by atoms with Crippen LogP contribution in [0.5, 0.6) is 0 Å². The molecule has 2 aromatic rings. The molecule has 0 amide bonds. The Kier molecular flexibility index (Phi) is 5.87. The second kappa shape index (κ2) is 7.65. The van der Waals surface area contributed by atoms with Gasteiger partial charge in [-0.3, -0.25) is 0 Å². The molecular weight excluding hydrogens is 459 g/mol. The molecule has 0 saturated heterocycles. The number of hydrogen-bond donors (Lipinski definition) is 2. The second-order valence-corrected chi connectivity index (χ2v) is 5.83. The SMILES string of the molecule is CCOC(=O)C(=N)CC([NH][Pb])c1ccc2ccccc2c1. The maximum absolute atomic E-state index is 11.6. The quantitative estimate of drug-likeness (QED) is 0.383. The van der Waals surface area contributed by atoms with Crippen LogP contribution in [0.3, 0.4) is 0 Å². The zero-order valence-corrected chi connectivity index (χ0v) is 15.7. The van der Waals surface area contributed by atoms with Crippen LogP contribution in [-0.2, 0) is 9.53 Å². The van der Waals surface area contributed by atoms with Crippen LogP contribution in [0.15, 0.2) is 42.5 Å². The number of nitrogens with one attached hydrogen (secondary N) is 2. The number of carbonyl (C=O) groups is 1. The summed E-state index contributed by atoms with van der Waals surface area (Å²) in [7, 11) is 0. The number of benzene rings is 2. The second-order valence-electron chi connectivity index (χ2n) is 4.71. The van der Waals surface area contributed by atoms with Crippen molar-refractivity contribution < 1.29 is 9.53 Å². The van der Waals surface area contributed by atoms with Gasteiger partial charge in [0.25, 0.3) is 0 Å². The Labute approximate surface area is 140 Å². The Morgan fingerprint density at radius 2 is 2.00 bits per heavy atom. The normalized spacial score (nSPS) is 12.1. The molecule has 0 aliphatic rings. The first-order valence-electron chi connectivity index (χ1n) is 6.81. The van der Waals surface area contributed by atoms with Crippen LogP contribution >= 0.6 is 0 Å². The van der Waals surface area contributed by atoms with E-state index in [1.54, 1.807) is 6.92 Å². The first kappa shape index (κ1) is 16.1. The molecule has 0 spiro atoms. The molecule has 5 heteroatoms. The van der Waals surface area contributed by atoms with Crippen LogP contribution in [0, 0.1) is 5.41 Å². The molecule has 2 rings (SSSR count). The fourth-order valence-electron chi connectivity index (χ4n) is 2.18. The molecule has 2 aromatic carbocycles. The molecular formula is C16H17N2O2Pb. The summed E-state index contributed by atoms with van der Waals surface area (Å²) in [5.41, 5.74) is 1.11. The molecule has 4 nitrogen and oxygen atoms in total. The fraction of sp³-hybridized carbons (Fsp3) is 0.250. The van der Waals surface area contributed by atoms with Crippen molar-refractivity contribution in [3.8, 4) is 0 Å². The minimum atomic E-state index is -0.528. The average molecular weight is 477 g/mol.